The van der Waals surface area contributed by atoms with Crippen molar-refractivity contribution in [1.29, 1.82) is 5.26 Å². The van der Waals surface area contributed by atoms with Crippen LogP contribution < -0.4 is 9.47 Å². The van der Waals surface area contributed by atoms with E-state index in [9.17, 15) is 10.1 Å². The average molecular weight is 504 g/mol. The van der Waals surface area contributed by atoms with Gasteiger partial charge in [-0.05, 0) is 58.5 Å². The maximum atomic E-state index is 10.7. The van der Waals surface area contributed by atoms with Gasteiger partial charge in [0.15, 0.2) is 18.1 Å². The summed E-state index contributed by atoms with van der Waals surface area (Å²) in [7, 11) is 1.45. The van der Waals surface area contributed by atoms with E-state index in [1.807, 2.05) is 22.6 Å². The molecule has 0 amide bonds. The highest BCUT2D eigenvalue weighted by Gasteiger charge is 2.14. The summed E-state index contributed by atoms with van der Waals surface area (Å²) in [6.07, 6.45) is 1.65. The van der Waals surface area contributed by atoms with Crippen molar-refractivity contribution in [2.75, 3.05) is 13.7 Å². The first kappa shape index (κ1) is 20.4. The maximum Gasteiger partial charge on any atom is 0.341 e. The molecule has 0 saturated carbocycles. The number of carboxylic acids is 1. The number of nitrogens with zero attached hydrogens (tertiary/aromatic N) is 1. The summed E-state index contributed by atoms with van der Waals surface area (Å²) in [5.74, 6) is -0.393. The van der Waals surface area contributed by atoms with Gasteiger partial charge in [0.1, 0.15) is 0 Å². The van der Waals surface area contributed by atoms with E-state index in [4.69, 9.17) is 37.8 Å². The third kappa shape index (κ3) is 5.04. The molecule has 2 aromatic carbocycles. The van der Waals surface area contributed by atoms with E-state index in [2.05, 4.69) is 6.07 Å². The van der Waals surface area contributed by atoms with Crippen LogP contribution in [0.25, 0.3) is 11.6 Å². The summed E-state index contributed by atoms with van der Waals surface area (Å²) in [6.45, 7) is -0.481. The standard InChI is InChI=1S/C18H12Cl2INO4/c1-25-16-6-10(5-15(21)18(16)26-9-17(23)24)4-11(8-22)13-3-2-12(19)7-14(13)20/h2-7H,9H2,1H3,(H,23,24)/b11-4-. The van der Waals surface area contributed by atoms with Gasteiger partial charge in [0.2, 0.25) is 0 Å². The molecule has 0 spiro atoms. The fraction of sp³-hybridized carbons (Fsp3) is 0.111. The lowest BCUT2D eigenvalue weighted by atomic mass is 10.0. The Labute approximate surface area is 173 Å². The molecule has 0 aliphatic rings. The minimum absolute atomic E-state index is 0.329. The Bertz CT molecular complexity index is 922. The zero-order valence-corrected chi connectivity index (χ0v) is 17.1. The van der Waals surface area contributed by atoms with Gasteiger partial charge in [-0.25, -0.2) is 4.79 Å². The van der Waals surface area contributed by atoms with E-state index in [0.717, 1.165) is 0 Å². The molecule has 5 nitrogen and oxygen atoms in total. The van der Waals surface area contributed by atoms with Gasteiger partial charge in [-0.3, -0.25) is 0 Å². The molecule has 1 N–H and O–H groups in total. The smallest absolute Gasteiger partial charge is 0.341 e. The molecule has 0 heterocycles. The second kappa shape index (κ2) is 9.12. The Balaban J connectivity index is 2.47. The van der Waals surface area contributed by atoms with Crippen molar-refractivity contribution in [2.45, 2.75) is 0 Å². The quantitative estimate of drug-likeness (QED) is 0.335. The van der Waals surface area contributed by atoms with Crippen molar-refractivity contribution in [2.24, 2.45) is 0 Å². The van der Waals surface area contributed by atoms with E-state index < -0.39 is 12.6 Å². The van der Waals surface area contributed by atoms with E-state index in [1.165, 1.54) is 7.11 Å². The minimum Gasteiger partial charge on any atom is -0.493 e. The van der Waals surface area contributed by atoms with Crippen LogP contribution in [0.3, 0.4) is 0 Å². The van der Waals surface area contributed by atoms with Crippen LogP contribution in [0.1, 0.15) is 11.1 Å². The third-order valence-corrected chi connectivity index (χ3v) is 4.59. The van der Waals surface area contributed by atoms with Crippen LogP contribution >= 0.6 is 45.8 Å². The molecule has 0 aliphatic heterocycles. The van der Waals surface area contributed by atoms with Gasteiger partial charge in [-0.2, -0.15) is 5.26 Å². The van der Waals surface area contributed by atoms with Crippen molar-refractivity contribution in [3.8, 4) is 17.6 Å². The molecule has 2 aromatic rings. The molecule has 0 unspecified atom stereocenters. The summed E-state index contributed by atoms with van der Waals surface area (Å²) >= 11 is 14.1. The van der Waals surface area contributed by atoms with Crippen molar-refractivity contribution in [1.82, 2.24) is 0 Å². The number of aliphatic carboxylic acids is 1. The maximum absolute atomic E-state index is 10.7. The Morgan fingerprint density at radius 2 is 2.08 bits per heavy atom. The Kier molecular flexibility index (Phi) is 7.14. The number of nitriles is 1. The first-order valence-corrected chi connectivity index (χ1v) is 8.98. The molecule has 134 valence electrons. The number of halogens is 3. The number of ether oxygens (including phenoxy) is 2. The van der Waals surface area contributed by atoms with Crippen molar-refractivity contribution in [3.63, 3.8) is 0 Å². The Morgan fingerprint density at radius 3 is 2.65 bits per heavy atom. The summed E-state index contributed by atoms with van der Waals surface area (Å²) in [6, 6.07) is 10.4. The summed E-state index contributed by atoms with van der Waals surface area (Å²) in [4.78, 5) is 10.7. The average Bonchev–Trinajstić information content (AvgIpc) is 2.58. The highest BCUT2D eigenvalue weighted by molar-refractivity contribution is 14.1. The molecule has 0 aromatic heterocycles. The predicted molar refractivity (Wildman–Crippen MR) is 109 cm³/mol. The SMILES string of the molecule is COc1cc(/C=C(/C#N)c2ccc(Cl)cc2Cl)cc(I)c1OCC(=O)O. The molecule has 2 rings (SSSR count). The van der Waals surface area contributed by atoms with Crippen molar-refractivity contribution in [3.05, 3.63) is 55.1 Å². The van der Waals surface area contributed by atoms with E-state index in [0.29, 0.717) is 41.8 Å². The molecule has 0 radical (unpaired) electrons. The van der Waals surface area contributed by atoms with E-state index in [-0.39, 0.29) is 0 Å². The topological polar surface area (TPSA) is 79.5 Å². The fourth-order valence-corrected chi connectivity index (χ4v) is 3.43. The highest BCUT2D eigenvalue weighted by Crippen LogP contribution is 2.36. The lowest BCUT2D eigenvalue weighted by molar-refractivity contribution is -0.139. The van der Waals surface area contributed by atoms with Crippen LogP contribution in [0.4, 0.5) is 0 Å². The van der Waals surface area contributed by atoms with Crippen LogP contribution in [-0.2, 0) is 4.79 Å². The first-order valence-electron chi connectivity index (χ1n) is 7.15. The molecule has 0 bridgehead atoms. The Morgan fingerprint density at radius 1 is 1.35 bits per heavy atom. The zero-order valence-electron chi connectivity index (χ0n) is 13.4. The van der Waals surface area contributed by atoms with Crippen LogP contribution in [0.15, 0.2) is 30.3 Å². The van der Waals surface area contributed by atoms with E-state index >= 15 is 0 Å². The zero-order chi connectivity index (χ0) is 19.3. The number of carboxylic acid groups (broad SMARTS) is 1. The number of allylic oxidation sites excluding steroid dienone is 1. The van der Waals surface area contributed by atoms with Gasteiger partial charge in [0.05, 0.1) is 27.3 Å². The number of rotatable bonds is 6. The molecular formula is C18H12Cl2INO4. The summed E-state index contributed by atoms with van der Waals surface area (Å²) < 4.78 is 11.2. The molecule has 0 saturated heterocycles. The predicted octanol–water partition coefficient (Wildman–Crippen LogP) is 5.13. The van der Waals surface area contributed by atoms with Gasteiger partial charge >= 0.3 is 5.97 Å². The van der Waals surface area contributed by atoms with Crippen LogP contribution in [0.5, 0.6) is 11.5 Å². The largest absolute Gasteiger partial charge is 0.493 e. The normalized spacial score (nSPS) is 11.0. The molecular weight excluding hydrogens is 492 g/mol. The van der Waals surface area contributed by atoms with Crippen LogP contribution in [-0.4, -0.2) is 24.8 Å². The summed E-state index contributed by atoms with van der Waals surface area (Å²) in [5.41, 5.74) is 1.58. The molecule has 0 fully saturated rings. The van der Waals surface area contributed by atoms with Gasteiger partial charge in [0, 0.05) is 10.6 Å². The second-order valence-electron chi connectivity index (χ2n) is 5.01. The third-order valence-electron chi connectivity index (χ3n) is 3.24. The molecule has 0 atom stereocenters. The molecule has 26 heavy (non-hydrogen) atoms. The number of carbonyl (C=O) groups is 1. The number of hydrogen-bond donors (Lipinski definition) is 1. The van der Waals surface area contributed by atoms with Gasteiger partial charge in [-0.15, -0.1) is 0 Å². The Hall–Kier alpha value is -1.95. The minimum atomic E-state index is -1.09. The molecule has 0 aliphatic carbocycles. The van der Waals surface area contributed by atoms with Crippen LogP contribution in [0.2, 0.25) is 10.0 Å². The lowest BCUT2D eigenvalue weighted by Gasteiger charge is -2.12. The first-order chi connectivity index (χ1) is 12.3. The van der Waals surface area contributed by atoms with Crippen molar-refractivity contribution >= 4 is 63.4 Å². The van der Waals surface area contributed by atoms with Gasteiger partial charge in [0.25, 0.3) is 0 Å². The van der Waals surface area contributed by atoms with E-state index in [1.54, 1.807) is 36.4 Å². The number of hydrogen-bond acceptors (Lipinski definition) is 4. The fourth-order valence-electron chi connectivity index (χ4n) is 2.14. The lowest BCUT2D eigenvalue weighted by Crippen LogP contribution is -2.11. The molecule has 8 heteroatoms. The van der Waals surface area contributed by atoms with Gasteiger partial charge in [-0.1, -0.05) is 29.3 Å². The number of benzene rings is 2. The monoisotopic (exact) mass is 503 g/mol. The van der Waals surface area contributed by atoms with Crippen molar-refractivity contribution < 1.29 is 19.4 Å². The second-order valence-corrected chi connectivity index (χ2v) is 7.02. The number of methoxy groups -OCH3 is 1. The summed E-state index contributed by atoms with van der Waals surface area (Å²) in [5, 5.41) is 19.1. The highest BCUT2D eigenvalue weighted by atomic mass is 127. The van der Waals surface area contributed by atoms with Gasteiger partial charge < -0.3 is 14.6 Å². The van der Waals surface area contributed by atoms with Crippen LogP contribution in [0, 0.1) is 14.9 Å².